The molecule has 0 radical (unpaired) electrons. The molecule has 0 aromatic heterocycles. The van der Waals surface area contributed by atoms with Crippen LogP contribution < -0.4 is 10.6 Å². The molecule has 120 valence electrons. The molecule has 2 aromatic carbocycles. The Morgan fingerprint density at radius 3 is 2.22 bits per heavy atom. The first kappa shape index (κ1) is 16.7. The topological polar surface area (TPSA) is 78.4 Å². The standard InChI is InChI=1S/C18H20N2O3/c21-11-10-14-6-8-16(9-7-14)20-18(23)13-19-17(22)12-15-4-2-1-3-5-15/h1-9,21H,10-13H2,(H,19,22)(H,20,23). The third-order valence-electron chi connectivity index (χ3n) is 3.29. The molecule has 0 saturated heterocycles. The average molecular weight is 312 g/mol. The number of carbonyl (C=O) groups is 2. The second kappa shape index (κ2) is 8.70. The molecule has 2 amide bonds. The van der Waals surface area contributed by atoms with Crippen LogP contribution in [0.4, 0.5) is 5.69 Å². The second-order valence-electron chi connectivity index (χ2n) is 5.16. The van der Waals surface area contributed by atoms with Crippen LogP contribution in [0.2, 0.25) is 0 Å². The first-order valence-electron chi connectivity index (χ1n) is 7.47. The number of hydrogen-bond donors (Lipinski definition) is 3. The third kappa shape index (κ3) is 5.92. The summed E-state index contributed by atoms with van der Waals surface area (Å²) in [7, 11) is 0. The van der Waals surface area contributed by atoms with Crippen molar-refractivity contribution in [3.63, 3.8) is 0 Å². The lowest BCUT2D eigenvalue weighted by Crippen LogP contribution is -2.33. The fourth-order valence-corrected chi connectivity index (χ4v) is 2.11. The van der Waals surface area contributed by atoms with Crippen molar-refractivity contribution >= 4 is 17.5 Å². The van der Waals surface area contributed by atoms with Crippen molar-refractivity contribution in [2.24, 2.45) is 0 Å². The van der Waals surface area contributed by atoms with Gasteiger partial charge in [0.25, 0.3) is 0 Å². The van der Waals surface area contributed by atoms with Crippen LogP contribution in [0, 0.1) is 0 Å². The Labute approximate surface area is 135 Å². The highest BCUT2D eigenvalue weighted by atomic mass is 16.3. The van der Waals surface area contributed by atoms with E-state index in [0.717, 1.165) is 11.1 Å². The zero-order valence-electron chi connectivity index (χ0n) is 12.8. The third-order valence-corrected chi connectivity index (χ3v) is 3.29. The van der Waals surface area contributed by atoms with Gasteiger partial charge in [0, 0.05) is 12.3 Å². The van der Waals surface area contributed by atoms with Crippen LogP contribution in [0.15, 0.2) is 54.6 Å². The zero-order chi connectivity index (χ0) is 16.5. The van der Waals surface area contributed by atoms with Gasteiger partial charge in [-0.05, 0) is 29.7 Å². The molecule has 0 aliphatic heterocycles. The smallest absolute Gasteiger partial charge is 0.243 e. The van der Waals surface area contributed by atoms with Gasteiger partial charge in [0.15, 0.2) is 0 Å². The van der Waals surface area contributed by atoms with E-state index in [2.05, 4.69) is 10.6 Å². The van der Waals surface area contributed by atoms with E-state index in [4.69, 9.17) is 5.11 Å². The van der Waals surface area contributed by atoms with E-state index in [-0.39, 0.29) is 31.4 Å². The van der Waals surface area contributed by atoms with Crippen LogP contribution in [-0.2, 0) is 22.4 Å². The number of hydrogen-bond acceptors (Lipinski definition) is 3. The maximum Gasteiger partial charge on any atom is 0.243 e. The van der Waals surface area contributed by atoms with Gasteiger partial charge in [-0.2, -0.15) is 0 Å². The van der Waals surface area contributed by atoms with E-state index in [1.165, 1.54) is 0 Å². The number of aliphatic hydroxyl groups is 1. The molecule has 2 rings (SSSR count). The number of benzene rings is 2. The van der Waals surface area contributed by atoms with Gasteiger partial charge in [0.05, 0.1) is 13.0 Å². The summed E-state index contributed by atoms with van der Waals surface area (Å²) < 4.78 is 0. The largest absolute Gasteiger partial charge is 0.396 e. The quantitative estimate of drug-likeness (QED) is 0.725. The first-order valence-corrected chi connectivity index (χ1v) is 7.47. The van der Waals surface area contributed by atoms with E-state index in [1.807, 2.05) is 42.5 Å². The van der Waals surface area contributed by atoms with Crippen LogP contribution in [0.25, 0.3) is 0 Å². The average Bonchev–Trinajstić information content (AvgIpc) is 2.56. The molecule has 3 N–H and O–H groups in total. The van der Waals surface area contributed by atoms with Crippen LogP contribution in [0.1, 0.15) is 11.1 Å². The molecule has 0 saturated carbocycles. The van der Waals surface area contributed by atoms with Crippen molar-refractivity contribution in [3.05, 3.63) is 65.7 Å². The highest BCUT2D eigenvalue weighted by Gasteiger charge is 2.07. The monoisotopic (exact) mass is 312 g/mol. The number of anilines is 1. The maximum absolute atomic E-state index is 11.8. The Kier molecular flexibility index (Phi) is 6.32. The fraction of sp³-hybridized carbons (Fsp3) is 0.222. The van der Waals surface area contributed by atoms with Gasteiger partial charge in [-0.15, -0.1) is 0 Å². The lowest BCUT2D eigenvalue weighted by atomic mass is 10.1. The minimum absolute atomic E-state index is 0.0654. The predicted octanol–water partition coefficient (Wildman–Crippen LogP) is 1.52. The Balaban J connectivity index is 1.75. The minimum Gasteiger partial charge on any atom is -0.396 e. The predicted molar refractivity (Wildman–Crippen MR) is 89.0 cm³/mol. The highest BCUT2D eigenvalue weighted by molar-refractivity contribution is 5.94. The van der Waals surface area contributed by atoms with Gasteiger partial charge >= 0.3 is 0 Å². The van der Waals surface area contributed by atoms with E-state index in [1.54, 1.807) is 12.1 Å². The summed E-state index contributed by atoms with van der Waals surface area (Å²) in [6.45, 7) is 0.0310. The Morgan fingerprint density at radius 2 is 1.57 bits per heavy atom. The van der Waals surface area contributed by atoms with Crippen molar-refractivity contribution < 1.29 is 14.7 Å². The summed E-state index contributed by atoms with van der Waals surface area (Å²) in [5.41, 5.74) is 2.57. The van der Waals surface area contributed by atoms with E-state index in [9.17, 15) is 9.59 Å². The van der Waals surface area contributed by atoms with E-state index in [0.29, 0.717) is 12.1 Å². The van der Waals surface area contributed by atoms with Gasteiger partial charge in [-0.3, -0.25) is 9.59 Å². The molecular formula is C18H20N2O3. The van der Waals surface area contributed by atoms with Gasteiger partial charge in [-0.25, -0.2) is 0 Å². The molecule has 0 unspecified atom stereocenters. The van der Waals surface area contributed by atoms with E-state index >= 15 is 0 Å². The highest BCUT2D eigenvalue weighted by Crippen LogP contribution is 2.09. The van der Waals surface area contributed by atoms with Crippen molar-refractivity contribution in [1.82, 2.24) is 5.32 Å². The van der Waals surface area contributed by atoms with E-state index < -0.39 is 0 Å². The molecule has 23 heavy (non-hydrogen) atoms. The van der Waals surface area contributed by atoms with Crippen LogP contribution in [0.3, 0.4) is 0 Å². The molecule has 5 nitrogen and oxygen atoms in total. The molecule has 0 aliphatic carbocycles. The molecule has 2 aromatic rings. The summed E-state index contributed by atoms with van der Waals surface area (Å²) in [6.07, 6.45) is 0.841. The summed E-state index contributed by atoms with van der Waals surface area (Å²) in [5.74, 6) is -0.467. The molecule has 0 aliphatic rings. The summed E-state index contributed by atoms with van der Waals surface area (Å²) in [6, 6.07) is 16.6. The molecular weight excluding hydrogens is 292 g/mol. The van der Waals surface area contributed by atoms with Crippen molar-refractivity contribution in [2.45, 2.75) is 12.8 Å². The number of amides is 2. The normalized spacial score (nSPS) is 10.1. The Morgan fingerprint density at radius 1 is 0.870 bits per heavy atom. The van der Waals surface area contributed by atoms with Crippen LogP contribution >= 0.6 is 0 Å². The first-order chi connectivity index (χ1) is 11.2. The number of nitrogens with one attached hydrogen (secondary N) is 2. The van der Waals surface area contributed by atoms with Gasteiger partial charge in [0.2, 0.25) is 11.8 Å². The lowest BCUT2D eigenvalue weighted by Gasteiger charge is -2.08. The van der Waals surface area contributed by atoms with Crippen molar-refractivity contribution in [1.29, 1.82) is 0 Å². The summed E-state index contributed by atoms with van der Waals surface area (Å²) in [5, 5.41) is 14.2. The van der Waals surface area contributed by atoms with Crippen molar-refractivity contribution in [3.8, 4) is 0 Å². The van der Waals surface area contributed by atoms with Gasteiger partial charge in [0.1, 0.15) is 0 Å². The maximum atomic E-state index is 11.8. The fourth-order valence-electron chi connectivity index (χ4n) is 2.11. The zero-order valence-corrected chi connectivity index (χ0v) is 12.8. The van der Waals surface area contributed by atoms with Gasteiger partial charge < -0.3 is 15.7 Å². The van der Waals surface area contributed by atoms with Crippen molar-refractivity contribution in [2.75, 3.05) is 18.5 Å². The molecule has 0 spiro atoms. The number of aliphatic hydroxyl groups excluding tert-OH is 1. The Hall–Kier alpha value is -2.66. The number of carbonyl (C=O) groups excluding carboxylic acids is 2. The Bertz CT molecular complexity index is 639. The number of rotatable bonds is 7. The molecule has 0 fully saturated rings. The van der Waals surface area contributed by atoms with Crippen LogP contribution in [-0.4, -0.2) is 30.1 Å². The van der Waals surface area contributed by atoms with Crippen LogP contribution in [0.5, 0.6) is 0 Å². The molecule has 0 heterocycles. The lowest BCUT2D eigenvalue weighted by molar-refractivity contribution is -0.123. The molecule has 5 heteroatoms. The second-order valence-corrected chi connectivity index (χ2v) is 5.16. The molecule has 0 bridgehead atoms. The summed E-state index contributed by atoms with van der Waals surface area (Å²) >= 11 is 0. The SMILES string of the molecule is O=C(Cc1ccccc1)NCC(=O)Nc1ccc(CCO)cc1. The summed E-state index contributed by atoms with van der Waals surface area (Å²) in [4.78, 5) is 23.6. The van der Waals surface area contributed by atoms with Gasteiger partial charge in [-0.1, -0.05) is 42.5 Å². The minimum atomic E-state index is -0.277. The molecule has 0 atom stereocenters.